The van der Waals surface area contributed by atoms with Gasteiger partial charge in [-0.05, 0) is 103 Å². The Morgan fingerprint density at radius 1 is 0.471 bits per heavy atom. The minimum atomic E-state index is -1.64. The Balaban J connectivity index is 2.64. The van der Waals surface area contributed by atoms with Crippen molar-refractivity contribution in [3.05, 3.63) is 97.2 Å². The van der Waals surface area contributed by atoms with Gasteiger partial charge in [0, 0.05) is 6.42 Å². The molecule has 11 nitrogen and oxygen atoms in total. The van der Waals surface area contributed by atoms with Crippen molar-refractivity contribution in [3.8, 4) is 0 Å². The zero-order valence-electron chi connectivity index (χ0n) is 54.5. The largest absolute Gasteiger partial charge is 0.454 e. The van der Waals surface area contributed by atoms with Crippen LogP contribution < -0.4 is 5.32 Å². The highest BCUT2D eigenvalue weighted by Gasteiger charge is 2.47. The number of carbonyl (C=O) groups is 2. The third-order valence-electron chi connectivity index (χ3n) is 16.0. The number of hydrogen-bond acceptors (Lipinski definition) is 10. The summed E-state index contributed by atoms with van der Waals surface area (Å²) in [7, 11) is 0. The van der Waals surface area contributed by atoms with Crippen molar-refractivity contribution in [2.45, 2.75) is 346 Å². The van der Waals surface area contributed by atoms with Crippen molar-refractivity contribution in [2.75, 3.05) is 13.2 Å². The summed E-state index contributed by atoms with van der Waals surface area (Å²) >= 11 is 0. The SMILES string of the molecule is CC/C=C\C/C=C\C/C=C\C/C=C\C/C=C\C/C=C\CCCCC(=O)OC1C(OCC(NC(=O)C(O)CCCCCCCCCCCCCC/C=C/CCCCCCCC)C(O)/C=C/CCCCCCCCCCCCC)OC(CO)C(O)C1O. The van der Waals surface area contributed by atoms with E-state index in [0.29, 0.717) is 12.8 Å². The van der Waals surface area contributed by atoms with Crippen LogP contribution in [0, 0.1) is 0 Å². The second kappa shape index (κ2) is 60.8. The van der Waals surface area contributed by atoms with Gasteiger partial charge in [0.05, 0.1) is 25.4 Å². The third kappa shape index (κ3) is 48.2. The lowest BCUT2D eigenvalue weighted by atomic mass is 9.99. The quantitative estimate of drug-likeness (QED) is 0.0195. The molecule has 490 valence electrons. The fourth-order valence-corrected chi connectivity index (χ4v) is 10.5. The van der Waals surface area contributed by atoms with Crippen molar-refractivity contribution in [3.63, 3.8) is 0 Å². The Labute approximate surface area is 520 Å². The van der Waals surface area contributed by atoms with Crippen LogP contribution in [0.5, 0.6) is 0 Å². The van der Waals surface area contributed by atoms with Gasteiger partial charge < -0.3 is 45.1 Å². The summed E-state index contributed by atoms with van der Waals surface area (Å²) in [4.78, 5) is 26.7. The van der Waals surface area contributed by atoms with E-state index in [0.717, 1.165) is 89.9 Å². The van der Waals surface area contributed by atoms with Crippen LogP contribution in [-0.2, 0) is 23.8 Å². The van der Waals surface area contributed by atoms with E-state index >= 15 is 0 Å². The fourth-order valence-electron chi connectivity index (χ4n) is 10.5. The van der Waals surface area contributed by atoms with Gasteiger partial charge in [0.1, 0.15) is 24.4 Å². The van der Waals surface area contributed by atoms with E-state index in [2.05, 4.69) is 111 Å². The lowest BCUT2D eigenvalue weighted by molar-refractivity contribution is -0.305. The molecule has 0 saturated carbocycles. The van der Waals surface area contributed by atoms with Crippen molar-refractivity contribution >= 4 is 11.9 Å². The number of allylic oxidation sites excluding steroid dienone is 15. The number of unbranched alkanes of at least 4 members (excludes halogenated alkanes) is 31. The Bertz CT molecular complexity index is 1750. The van der Waals surface area contributed by atoms with Gasteiger partial charge in [0.15, 0.2) is 12.4 Å². The summed E-state index contributed by atoms with van der Waals surface area (Å²) in [5.41, 5.74) is 0. The summed E-state index contributed by atoms with van der Waals surface area (Å²) in [5, 5.41) is 57.2. The number of hydrogen-bond donors (Lipinski definition) is 6. The first-order valence-corrected chi connectivity index (χ1v) is 35.0. The first-order chi connectivity index (χ1) is 41.7. The van der Waals surface area contributed by atoms with Crippen molar-refractivity contribution in [1.82, 2.24) is 5.32 Å². The molecule has 0 aromatic carbocycles. The Morgan fingerprint density at radius 2 is 0.847 bits per heavy atom. The van der Waals surface area contributed by atoms with Gasteiger partial charge in [-0.15, -0.1) is 0 Å². The molecule has 1 aliphatic rings. The molecule has 1 fully saturated rings. The van der Waals surface area contributed by atoms with Crippen LogP contribution in [0.4, 0.5) is 0 Å². The van der Waals surface area contributed by atoms with Gasteiger partial charge >= 0.3 is 5.97 Å². The number of rotatable bonds is 59. The minimum absolute atomic E-state index is 0.0649. The minimum Gasteiger partial charge on any atom is -0.454 e. The predicted molar refractivity (Wildman–Crippen MR) is 356 cm³/mol. The Kier molecular flexibility index (Phi) is 57.0. The standard InChI is InChI=1S/C74H129NO10/c1-4-7-10-13-16-19-22-25-27-29-31-33-35-36-38-40-43-46-49-52-55-58-61-67(78)73(82)75-65(66(77)60-57-54-51-48-45-42-24-21-18-15-12-9-6-3)64-83-74-72(71(81)70(80)68(63-76)84-74)85-69(79)62-59-56-53-50-47-44-41-39-37-34-32-30-28-26-23-20-17-14-11-8-5-2/h8,11,17,20,25-28,32,34,39,41,47,50,57,60,65-68,70-72,74,76-78,80-81H,4-7,9-10,12-16,18-19,21-24,29-31,33,35-38,40,42-46,48-49,51-56,58-59,61-64H2,1-3H3,(H,75,82)/b11-8-,20-17-,27-25+,28-26-,34-32-,41-39-,50-47-,60-57+. The highest BCUT2D eigenvalue weighted by molar-refractivity contribution is 5.80. The molecule has 85 heavy (non-hydrogen) atoms. The second-order valence-corrected chi connectivity index (χ2v) is 23.9. The van der Waals surface area contributed by atoms with Crippen LogP contribution >= 0.6 is 0 Å². The number of carbonyl (C=O) groups excluding carboxylic acids is 2. The highest BCUT2D eigenvalue weighted by atomic mass is 16.7. The van der Waals surface area contributed by atoms with E-state index in [9.17, 15) is 35.1 Å². The fraction of sp³-hybridized carbons (Fsp3) is 0.757. The van der Waals surface area contributed by atoms with E-state index in [1.54, 1.807) is 6.08 Å². The van der Waals surface area contributed by atoms with Crippen LogP contribution in [0.3, 0.4) is 0 Å². The Hall–Kier alpha value is -3.42. The average Bonchev–Trinajstić information content (AvgIpc) is 2.48. The van der Waals surface area contributed by atoms with Crippen LogP contribution in [0.2, 0.25) is 0 Å². The molecule has 1 rings (SSSR count). The molecule has 1 amide bonds. The molecular formula is C74H129NO10. The molecule has 0 aromatic heterocycles. The molecule has 1 saturated heterocycles. The lowest BCUT2D eigenvalue weighted by Gasteiger charge is -2.41. The van der Waals surface area contributed by atoms with Gasteiger partial charge in [0.2, 0.25) is 5.91 Å². The van der Waals surface area contributed by atoms with Gasteiger partial charge in [-0.2, -0.15) is 0 Å². The molecule has 8 atom stereocenters. The van der Waals surface area contributed by atoms with Gasteiger partial charge in [-0.25, -0.2) is 0 Å². The summed E-state index contributed by atoms with van der Waals surface area (Å²) in [5.74, 6) is -1.24. The number of esters is 1. The van der Waals surface area contributed by atoms with Crippen LogP contribution in [0.25, 0.3) is 0 Å². The number of nitrogens with one attached hydrogen (secondary N) is 1. The van der Waals surface area contributed by atoms with E-state index in [1.807, 2.05) is 6.08 Å². The monoisotopic (exact) mass is 1190 g/mol. The zero-order valence-corrected chi connectivity index (χ0v) is 54.5. The topological polar surface area (TPSA) is 175 Å². The molecule has 8 unspecified atom stereocenters. The van der Waals surface area contributed by atoms with E-state index < -0.39 is 67.4 Å². The molecule has 1 heterocycles. The predicted octanol–water partition coefficient (Wildman–Crippen LogP) is 17.8. The normalized spacial score (nSPS) is 19.0. The van der Waals surface area contributed by atoms with Crippen LogP contribution in [0.1, 0.15) is 297 Å². The molecule has 0 spiro atoms. The number of ether oxygens (including phenoxy) is 3. The van der Waals surface area contributed by atoms with Gasteiger partial charge in [0.25, 0.3) is 0 Å². The summed E-state index contributed by atoms with van der Waals surface area (Å²) in [6, 6.07) is -1.04. The molecule has 0 bridgehead atoms. The zero-order chi connectivity index (χ0) is 61.7. The third-order valence-corrected chi connectivity index (χ3v) is 16.0. The van der Waals surface area contributed by atoms with Crippen molar-refractivity contribution in [1.29, 1.82) is 0 Å². The second-order valence-electron chi connectivity index (χ2n) is 23.9. The number of aliphatic hydroxyl groups excluding tert-OH is 5. The Morgan fingerprint density at radius 3 is 1.28 bits per heavy atom. The van der Waals surface area contributed by atoms with Crippen molar-refractivity contribution in [2.24, 2.45) is 0 Å². The molecule has 0 radical (unpaired) electrons. The molecule has 1 aliphatic heterocycles. The molecule has 0 aromatic rings. The lowest BCUT2D eigenvalue weighted by Crippen LogP contribution is -2.61. The smallest absolute Gasteiger partial charge is 0.306 e. The maximum absolute atomic E-state index is 13.5. The molecule has 0 aliphatic carbocycles. The highest BCUT2D eigenvalue weighted by Crippen LogP contribution is 2.26. The van der Waals surface area contributed by atoms with E-state index in [-0.39, 0.29) is 19.4 Å². The van der Waals surface area contributed by atoms with E-state index in [1.165, 1.54) is 161 Å². The number of amides is 1. The summed E-state index contributed by atoms with van der Waals surface area (Å²) < 4.78 is 17.6. The number of aliphatic hydroxyl groups is 5. The molecule has 6 N–H and O–H groups in total. The first kappa shape index (κ1) is 79.6. The maximum Gasteiger partial charge on any atom is 0.306 e. The van der Waals surface area contributed by atoms with Gasteiger partial charge in [-0.1, -0.05) is 285 Å². The van der Waals surface area contributed by atoms with Crippen LogP contribution in [-0.4, -0.2) is 99.6 Å². The first-order valence-electron chi connectivity index (χ1n) is 35.0. The molecular weight excluding hydrogens is 1060 g/mol. The summed E-state index contributed by atoms with van der Waals surface area (Å²) in [6.07, 6.45) is 71.6. The van der Waals surface area contributed by atoms with Crippen LogP contribution in [0.15, 0.2) is 97.2 Å². The summed E-state index contributed by atoms with van der Waals surface area (Å²) in [6.45, 7) is 5.68. The average molecular weight is 1190 g/mol. The van der Waals surface area contributed by atoms with Crippen molar-refractivity contribution < 1.29 is 49.3 Å². The van der Waals surface area contributed by atoms with E-state index in [4.69, 9.17) is 14.2 Å². The van der Waals surface area contributed by atoms with Gasteiger partial charge in [-0.3, -0.25) is 9.59 Å². The maximum atomic E-state index is 13.5. The molecule has 11 heteroatoms.